The average Bonchev–Trinajstić information content (AvgIpc) is 3.20. The predicted octanol–water partition coefficient (Wildman–Crippen LogP) is 3.66. The van der Waals surface area contributed by atoms with Gasteiger partial charge in [0.25, 0.3) is 5.91 Å². The Labute approximate surface area is 176 Å². The SMILES string of the molecule is COc1cccc(NC(=O)[C@H]([NH2+]CCc2c[nH]c3ccccc23)c2ccccc2)c1. The quantitative estimate of drug-likeness (QED) is 0.422. The lowest BCUT2D eigenvalue weighted by atomic mass is 10.0. The van der Waals surface area contributed by atoms with E-state index in [0.29, 0.717) is 5.75 Å². The van der Waals surface area contributed by atoms with Crippen molar-refractivity contribution in [3.05, 3.63) is 96.2 Å². The lowest BCUT2D eigenvalue weighted by molar-refractivity contribution is -0.682. The number of fused-ring (bicyclic) bond motifs is 1. The minimum Gasteiger partial charge on any atom is -0.497 e. The van der Waals surface area contributed by atoms with Crippen LogP contribution in [0.3, 0.4) is 0 Å². The second-order valence-electron chi connectivity index (χ2n) is 7.24. The number of carbonyl (C=O) groups excluding carboxylic acids is 1. The first kappa shape index (κ1) is 19.7. The van der Waals surface area contributed by atoms with Crippen molar-refractivity contribution in [2.24, 2.45) is 0 Å². The number of aromatic nitrogens is 1. The third-order valence-corrected chi connectivity index (χ3v) is 5.27. The van der Waals surface area contributed by atoms with Crippen molar-refractivity contribution in [3.8, 4) is 5.75 Å². The normalized spacial score (nSPS) is 11.9. The van der Waals surface area contributed by atoms with Gasteiger partial charge in [0.2, 0.25) is 0 Å². The third kappa shape index (κ3) is 4.53. The largest absolute Gasteiger partial charge is 0.497 e. The molecule has 0 radical (unpaired) electrons. The molecule has 1 atom stereocenters. The number of amides is 1. The van der Waals surface area contributed by atoms with Gasteiger partial charge in [-0.25, -0.2) is 0 Å². The summed E-state index contributed by atoms with van der Waals surface area (Å²) >= 11 is 0. The molecule has 1 amide bonds. The van der Waals surface area contributed by atoms with Gasteiger partial charge in [-0.05, 0) is 23.8 Å². The van der Waals surface area contributed by atoms with Gasteiger partial charge in [0.05, 0.1) is 13.7 Å². The summed E-state index contributed by atoms with van der Waals surface area (Å²) in [5.74, 6) is 0.667. The molecule has 0 saturated carbocycles. The highest BCUT2D eigenvalue weighted by molar-refractivity contribution is 5.94. The van der Waals surface area contributed by atoms with E-state index in [0.717, 1.165) is 29.7 Å². The number of aromatic amines is 1. The number of nitrogens with two attached hydrogens (primary N) is 1. The van der Waals surface area contributed by atoms with Gasteiger partial charge < -0.3 is 20.4 Å². The number of nitrogens with one attached hydrogen (secondary N) is 2. The molecule has 0 aliphatic rings. The van der Waals surface area contributed by atoms with Gasteiger partial charge in [-0.1, -0.05) is 54.6 Å². The number of H-pyrrole nitrogens is 1. The number of hydrogen-bond donors (Lipinski definition) is 3. The van der Waals surface area contributed by atoms with Crippen molar-refractivity contribution >= 4 is 22.5 Å². The molecule has 0 saturated heterocycles. The van der Waals surface area contributed by atoms with Gasteiger partial charge in [-0.15, -0.1) is 0 Å². The fourth-order valence-corrected chi connectivity index (χ4v) is 3.72. The zero-order valence-corrected chi connectivity index (χ0v) is 17.0. The van der Waals surface area contributed by atoms with E-state index in [-0.39, 0.29) is 11.9 Å². The summed E-state index contributed by atoms with van der Waals surface area (Å²) in [4.78, 5) is 16.4. The number of anilines is 1. The molecule has 0 spiro atoms. The number of methoxy groups -OCH3 is 1. The van der Waals surface area contributed by atoms with Gasteiger partial charge in [0.1, 0.15) is 5.75 Å². The molecule has 5 heteroatoms. The van der Waals surface area contributed by atoms with Crippen LogP contribution in [0.25, 0.3) is 10.9 Å². The minimum atomic E-state index is -0.331. The van der Waals surface area contributed by atoms with Crippen LogP contribution >= 0.6 is 0 Å². The topological polar surface area (TPSA) is 70.7 Å². The zero-order valence-electron chi connectivity index (χ0n) is 17.0. The van der Waals surface area contributed by atoms with Gasteiger partial charge in [-0.3, -0.25) is 4.79 Å². The van der Waals surface area contributed by atoms with E-state index < -0.39 is 0 Å². The molecular weight excluding hydrogens is 374 g/mol. The second-order valence-corrected chi connectivity index (χ2v) is 7.24. The van der Waals surface area contributed by atoms with Crippen LogP contribution in [0.15, 0.2) is 85.1 Å². The summed E-state index contributed by atoms with van der Waals surface area (Å²) in [6.45, 7) is 0.799. The van der Waals surface area contributed by atoms with Crippen molar-refractivity contribution in [3.63, 3.8) is 0 Å². The summed E-state index contributed by atoms with van der Waals surface area (Å²) in [7, 11) is 1.62. The molecule has 30 heavy (non-hydrogen) atoms. The number of carbonyl (C=O) groups is 1. The summed E-state index contributed by atoms with van der Waals surface area (Å²) < 4.78 is 5.26. The van der Waals surface area contributed by atoms with Crippen molar-refractivity contribution in [1.82, 2.24) is 4.98 Å². The van der Waals surface area contributed by atoms with Crippen LogP contribution < -0.4 is 15.4 Å². The Morgan fingerprint density at radius 1 is 1.03 bits per heavy atom. The Morgan fingerprint density at radius 3 is 2.67 bits per heavy atom. The Balaban J connectivity index is 1.47. The van der Waals surface area contributed by atoms with Gasteiger partial charge >= 0.3 is 0 Å². The summed E-state index contributed by atoms with van der Waals surface area (Å²) in [6, 6.07) is 25.3. The number of rotatable bonds is 8. The van der Waals surface area contributed by atoms with Crippen LogP contribution in [0.2, 0.25) is 0 Å². The molecule has 152 valence electrons. The lowest BCUT2D eigenvalue weighted by Crippen LogP contribution is -2.87. The molecule has 0 aliphatic carbocycles. The summed E-state index contributed by atoms with van der Waals surface area (Å²) in [5, 5.41) is 6.37. The zero-order chi connectivity index (χ0) is 20.8. The molecule has 0 bridgehead atoms. The molecule has 0 unspecified atom stereocenters. The number of ether oxygens (including phenoxy) is 1. The summed E-state index contributed by atoms with van der Waals surface area (Å²) in [6.07, 6.45) is 2.94. The first-order valence-electron chi connectivity index (χ1n) is 10.1. The van der Waals surface area contributed by atoms with Crippen molar-refractivity contribution in [2.45, 2.75) is 12.5 Å². The Hall–Kier alpha value is -3.57. The molecule has 5 nitrogen and oxygen atoms in total. The molecule has 4 N–H and O–H groups in total. The number of para-hydroxylation sites is 1. The van der Waals surface area contributed by atoms with Gasteiger partial charge in [0, 0.05) is 40.8 Å². The number of quaternary nitrogens is 1. The van der Waals surface area contributed by atoms with Crippen LogP contribution in [0, 0.1) is 0 Å². The molecule has 1 heterocycles. The van der Waals surface area contributed by atoms with Crippen molar-refractivity contribution < 1.29 is 14.8 Å². The van der Waals surface area contributed by atoms with Crippen molar-refractivity contribution in [2.75, 3.05) is 19.0 Å². The number of hydrogen-bond acceptors (Lipinski definition) is 2. The van der Waals surface area contributed by atoms with E-state index in [2.05, 4.69) is 40.0 Å². The monoisotopic (exact) mass is 400 g/mol. The maximum absolute atomic E-state index is 13.1. The van der Waals surface area contributed by atoms with E-state index in [1.54, 1.807) is 7.11 Å². The van der Waals surface area contributed by atoms with Crippen LogP contribution in [-0.2, 0) is 11.2 Å². The van der Waals surface area contributed by atoms with E-state index in [1.165, 1.54) is 10.9 Å². The van der Waals surface area contributed by atoms with E-state index in [1.807, 2.05) is 60.7 Å². The highest BCUT2D eigenvalue weighted by atomic mass is 16.5. The van der Waals surface area contributed by atoms with Crippen LogP contribution in [-0.4, -0.2) is 24.5 Å². The molecule has 4 rings (SSSR count). The second kappa shape index (κ2) is 9.29. The minimum absolute atomic E-state index is 0.0478. The molecule has 4 aromatic rings. The first-order chi connectivity index (χ1) is 14.7. The summed E-state index contributed by atoms with van der Waals surface area (Å²) in [5.41, 5.74) is 4.12. The van der Waals surface area contributed by atoms with Gasteiger partial charge in [0.15, 0.2) is 6.04 Å². The van der Waals surface area contributed by atoms with Crippen LogP contribution in [0.5, 0.6) is 5.75 Å². The maximum atomic E-state index is 13.1. The predicted molar refractivity (Wildman–Crippen MR) is 120 cm³/mol. The lowest BCUT2D eigenvalue weighted by Gasteiger charge is -2.16. The van der Waals surface area contributed by atoms with E-state index >= 15 is 0 Å². The van der Waals surface area contributed by atoms with Crippen LogP contribution in [0.4, 0.5) is 5.69 Å². The smallest absolute Gasteiger partial charge is 0.287 e. The molecular formula is C25H26N3O2+. The third-order valence-electron chi connectivity index (χ3n) is 5.27. The highest BCUT2D eigenvalue weighted by Crippen LogP contribution is 2.19. The molecule has 0 fully saturated rings. The standard InChI is InChI=1S/C25H25N3O2/c1-30-21-11-7-10-20(16-21)28-25(29)24(18-8-3-2-4-9-18)26-15-14-19-17-27-23-13-6-5-12-22(19)23/h2-13,16-17,24,26-27H,14-15H2,1H3,(H,28,29)/p+1/t24-/m1/s1. The van der Waals surface area contributed by atoms with E-state index in [9.17, 15) is 4.79 Å². The first-order valence-corrected chi connectivity index (χ1v) is 10.1. The van der Waals surface area contributed by atoms with Gasteiger partial charge in [-0.2, -0.15) is 0 Å². The van der Waals surface area contributed by atoms with Crippen LogP contribution in [0.1, 0.15) is 17.2 Å². The Bertz CT molecular complexity index is 1120. The Morgan fingerprint density at radius 2 is 1.83 bits per heavy atom. The fraction of sp³-hybridized carbons (Fsp3) is 0.160. The average molecular weight is 401 g/mol. The van der Waals surface area contributed by atoms with Crippen molar-refractivity contribution in [1.29, 1.82) is 0 Å². The fourth-order valence-electron chi connectivity index (χ4n) is 3.72. The highest BCUT2D eigenvalue weighted by Gasteiger charge is 2.24. The Kier molecular flexibility index (Phi) is 6.11. The molecule has 0 aliphatic heterocycles. The maximum Gasteiger partial charge on any atom is 0.287 e. The molecule has 1 aromatic heterocycles. The number of benzene rings is 3. The van der Waals surface area contributed by atoms with E-state index in [4.69, 9.17) is 4.74 Å². The molecule has 3 aromatic carbocycles.